The van der Waals surface area contributed by atoms with Crippen LogP contribution < -0.4 is 10.7 Å². The van der Waals surface area contributed by atoms with Gasteiger partial charge in [-0.15, -0.1) is 11.3 Å². The van der Waals surface area contributed by atoms with Crippen LogP contribution in [0.3, 0.4) is 0 Å². The summed E-state index contributed by atoms with van der Waals surface area (Å²) in [4.78, 5) is 25.9. The number of rotatable bonds is 6. The number of thiophene rings is 1. The Morgan fingerprint density at radius 2 is 1.96 bits per heavy atom. The number of hydrazone groups is 1. The van der Waals surface area contributed by atoms with Gasteiger partial charge in [-0.05, 0) is 64.4 Å². The van der Waals surface area contributed by atoms with Gasteiger partial charge in [-0.3, -0.25) is 9.59 Å². The Hall–Kier alpha value is -2.43. The molecule has 0 bridgehead atoms. The molecule has 0 spiro atoms. The number of nitrogens with one attached hydrogen (secondary N) is 2. The molecule has 3 rings (SSSR count). The van der Waals surface area contributed by atoms with E-state index in [9.17, 15) is 9.59 Å². The minimum Gasteiger partial charge on any atom is -0.449 e. The van der Waals surface area contributed by atoms with Crippen molar-refractivity contribution in [3.63, 3.8) is 0 Å². The molecule has 0 unspecified atom stereocenters. The van der Waals surface area contributed by atoms with Crippen molar-refractivity contribution in [3.05, 3.63) is 84.6 Å². The van der Waals surface area contributed by atoms with Gasteiger partial charge in [0.1, 0.15) is 11.5 Å². The zero-order chi connectivity index (χ0) is 19.9. The fourth-order valence-corrected chi connectivity index (χ4v) is 3.43. The minimum atomic E-state index is -0.577. The number of halogens is 2. The molecule has 0 saturated carbocycles. The van der Waals surface area contributed by atoms with Crippen LogP contribution in [0.1, 0.15) is 21.0 Å². The molecule has 2 N–H and O–H groups in total. The first kappa shape index (κ1) is 20.3. The molecule has 2 heterocycles. The van der Waals surface area contributed by atoms with Gasteiger partial charge in [0, 0.05) is 4.88 Å². The Morgan fingerprint density at radius 3 is 2.64 bits per heavy atom. The van der Waals surface area contributed by atoms with Gasteiger partial charge in [0.25, 0.3) is 11.8 Å². The summed E-state index contributed by atoms with van der Waals surface area (Å²) in [6.45, 7) is 0. The first-order valence-electron chi connectivity index (χ1n) is 7.93. The normalized spacial score (nSPS) is 11.6. The quantitative estimate of drug-likeness (QED) is 0.215. The molecule has 3 aromatic rings. The molecule has 1 aromatic carbocycles. The van der Waals surface area contributed by atoms with Crippen molar-refractivity contribution in [3.8, 4) is 0 Å². The van der Waals surface area contributed by atoms with Crippen molar-refractivity contribution in [2.24, 2.45) is 5.10 Å². The van der Waals surface area contributed by atoms with E-state index in [1.165, 1.54) is 17.6 Å². The molecule has 9 heteroatoms. The highest BCUT2D eigenvalue weighted by atomic mass is 127. The maximum absolute atomic E-state index is 12.5. The standard InChI is InChI=1S/C19H13ClIN3O3S/c20-15-6-2-1-5-14(15)18(25)23-16(10-13-4-3-9-28-13)19(26)24-22-11-12-7-8-17(21)27-12/h1-11H,(H,23,25)(H,24,26)/b16-10-,22-11?. The molecule has 0 fully saturated rings. The highest BCUT2D eigenvalue weighted by molar-refractivity contribution is 14.1. The van der Waals surface area contributed by atoms with Gasteiger partial charge in [0.2, 0.25) is 0 Å². The molecule has 0 atom stereocenters. The largest absolute Gasteiger partial charge is 0.449 e. The lowest BCUT2D eigenvalue weighted by Gasteiger charge is -2.09. The lowest BCUT2D eigenvalue weighted by Crippen LogP contribution is -2.32. The Kier molecular flexibility index (Phi) is 7.01. The smallest absolute Gasteiger partial charge is 0.287 e. The van der Waals surface area contributed by atoms with Gasteiger partial charge in [-0.1, -0.05) is 29.8 Å². The van der Waals surface area contributed by atoms with Gasteiger partial charge in [0.05, 0.1) is 16.8 Å². The summed E-state index contributed by atoms with van der Waals surface area (Å²) in [6.07, 6.45) is 2.94. The van der Waals surface area contributed by atoms with Crippen LogP contribution in [0.4, 0.5) is 0 Å². The van der Waals surface area contributed by atoms with E-state index in [4.69, 9.17) is 16.0 Å². The third-order valence-electron chi connectivity index (χ3n) is 3.39. The molecule has 6 nitrogen and oxygen atoms in total. The van der Waals surface area contributed by atoms with Gasteiger partial charge in [-0.25, -0.2) is 5.43 Å². The molecule has 2 amide bonds. The van der Waals surface area contributed by atoms with Gasteiger partial charge in [-0.2, -0.15) is 5.10 Å². The number of benzene rings is 1. The summed E-state index contributed by atoms with van der Waals surface area (Å²) in [6, 6.07) is 13.8. The van der Waals surface area contributed by atoms with E-state index in [0.29, 0.717) is 14.5 Å². The number of hydrogen-bond donors (Lipinski definition) is 2. The lowest BCUT2D eigenvalue weighted by molar-refractivity contribution is -0.117. The number of amides is 2. The average molecular weight is 526 g/mol. The second kappa shape index (κ2) is 9.67. The van der Waals surface area contributed by atoms with Crippen LogP contribution in [0, 0.1) is 3.77 Å². The third-order valence-corrected chi connectivity index (χ3v) is 5.12. The SMILES string of the molecule is O=C(NN=Cc1ccc(I)o1)/C(=C/c1cccs1)NC(=O)c1ccccc1Cl. The first-order chi connectivity index (χ1) is 13.5. The fourth-order valence-electron chi connectivity index (χ4n) is 2.12. The van der Waals surface area contributed by atoms with Crippen molar-refractivity contribution < 1.29 is 14.0 Å². The summed E-state index contributed by atoms with van der Waals surface area (Å²) < 4.78 is 6.04. The van der Waals surface area contributed by atoms with Crippen molar-refractivity contribution in [2.75, 3.05) is 0 Å². The van der Waals surface area contributed by atoms with Crippen LogP contribution in [0.15, 0.2) is 69.1 Å². The number of carbonyl (C=O) groups is 2. The van der Waals surface area contributed by atoms with Crippen LogP contribution in [-0.2, 0) is 4.79 Å². The number of furan rings is 1. The van der Waals surface area contributed by atoms with E-state index in [-0.39, 0.29) is 11.3 Å². The van der Waals surface area contributed by atoms with Gasteiger partial charge < -0.3 is 9.73 Å². The molecule has 0 saturated heterocycles. The molecule has 0 aliphatic rings. The second-order valence-electron chi connectivity index (χ2n) is 5.35. The van der Waals surface area contributed by atoms with Crippen LogP contribution in [-0.4, -0.2) is 18.0 Å². The molecule has 0 radical (unpaired) electrons. The van der Waals surface area contributed by atoms with E-state index < -0.39 is 11.8 Å². The highest BCUT2D eigenvalue weighted by Crippen LogP contribution is 2.17. The lowest BCUT2D eigenvalue weighted by atomic mass is 10.2. The van der Waals surface area contributed by atoms with Gasteiger partial charge in [0.15, 0.2) is 3.77 Å². The molecule has 2 aromatic heterocycles. The molecule has 0 aliphatic carbocycles. The Bertz CT molecular complexity index is 1040. The minimum absolute atomic E-state index is 0.0403. The average Bonchev–Trinajstić information content (AvgIpc) is 3.33. The highest BCUT2D eigenvalue weighted by Gasteiger charge is 2.16. The first-order valence-corrected chi connectivity index (χ1v) is 10.3. The predicted octanol–water partition coefficient (Wildman–Crippen LogP) is 4.52. The van der Waals surface area contributed by atoms with Crippen molar-refractivity contribution in [1.29, 1.82) is 0 Å². The summed E-state index contributed by atoms with van der Waals surface area (Å²) >= 11 is 9.52. The van der Waals surface area contributed by atoms with Gasteiger partial charge >= 0.3 is 0 Å². The topological polar surface area (TPSA) is 83.7 Å². The summed E-state index contributed by atoms with van der Waals surface area (Å²) in [7, 11) is 0. The Labute approximate surface area is 183 Å². The van der Waals surface area contributed by atoms with E-state index in [1.54, 1.807) is 42.5 Å². The summed E-state index contributed by atoms with van der Waals surface area (Å²) in [5.74, 6) is -0.576. The zero-order valence-electron chi connectivity index (χ0n) is 14.2. The Morgan fingerprint density at radius 1 is 1.14 bits per heavy atom. The van der Waals surface area contributed by atoms with E-state index in [0.717, 1.165) is 4.88 Å². The van der Waals surface area contributed by atoms with Crippen LogP contribution in [0.25, 0.3) is 6.08 Å². The summed E-state index contributed by atoms with van der Waals surface area (Å²) in [5.41, 5.74) is 2.69. The molecule has 142 valence electrons. The maximum atomic E-state index is 12.5. The zero-order valence-corrected chi connectivity index (χ0v) is 17.9. The maximum Gasteiger partial charge on any atom is 0.287 e. The number of hydrogen-bond acceptors (Lipinski definition) is 5. The third kappa shape index (κ3) is 5.54. The van der Waals surface area contributed by atoms with Crippen molar-refractivity contribution in [1.82, 2.24) is 10.7 Å². The van der Waals surface area contributed by atoms with Crippen LogP contribution in [0.2, 0.25) is 5.02 Å². The predicted molar refractivity (Wildman–Crippen MR) is 118 cm³/mol. The van der Waals surface area contributed by atoms with Crippen molar-refractivity contribution >= 4 is 69.6 Å². The fraction of sp³-hybridized carbons (Fsp3) is 0. The number of nitrogens with zero attached hydrogens (tertiary/aromatic N) is 1. The van der Waals surface area contributed by atoms with E-state index >= 15 is 0 Å². The molecular weight excluding hydrogens is 513 g/mol. The Balaban J connectivity index is 1.77. The molecule has 0 aliphatic heterocycles. The second-order valence-corrected chi connectivity index (χ2v) is 7.80. The number of carbonyl (C=O) groups excluding carboxylic acids is 2. The van der Waals surface area contributed by atoms with E-state index in [1.807, 2.05) is 40.1 Å². The van der Waals surface area contributed by atoms with E-state index in [2.05, 4.69) is 15.8 Å². The van der Waals surface area contributed by atoms with Crippen LogP contribution in [0.5, 0.6) is 0 Å². The van der Waals surface area contributed by atoms with Crippen molar-refractivity contribution in [2.45, 2.75) is 0 Å². The monoisotopic (exact) mass is 525 g/mol. The molecule has 28 heavy (non-hydrogen) atoms. The summed E-state index contributed by atoms with van der Waals surface area (Å²) in [5, 5.41) is 8.63. The van der Waals surface area contributed by atoms with Crippen LogP contribution >= 0.6 is 45.5 Å². The molecular formula is C19H13ClIN3O3S.